The molecule has 1 saturated carbocycles. The molecule has 1 heterocycles. The van der Waals surface area contributed by atoms with E-state index in [1.165, 1.54) is 33.3 Å². The van der Waals surface area contributed by atoms with Crippen molar-refractivity contribution < 1.29 is 0 Å². The van der Waals surface area contributed by atoms with E-state index in [2.05, 4.69) is 57.0 Å². The molecule has 1 fully saturated rings. The zero-order chi connectivity index (χ0) is 11.7. The Balaban J connectivity index is 1.89. The van der Waals surface area contributed by atoms with Crippen LogP contribution in [0.2, 0.25) is 0 Å². The van der Waals surface area contributed by atoms with E-state index in [0.717, 1.165) is 12.6 Å². The largest absolute Gasteiger partial charge is 0.310 e. The quantitative estimate of drug-likeness (QED) is 0.881. The van der Waals surface area contributed by atoms with E-state index in [0.29, 0.717) is 0 Å². The lowest BCUT2D eigenvalue weighted by atomic mass is 10.1. The zero-order valence-corrected chi connectivity index (χ0v) is 11.9. The number of hydrogen-bond acceptors (Lipinski definition) is 2. The third kappa shape index (κ3) is 2.62. The molecule has 0 saturated heterocycles. The van der Waals surface area contributed by atoms with E-state index in [-0.39, 0.29) is 0 Å². The highest BCUT2D eigenvalue weighted by Gasteiger charge is 2.20. The van der Waals surface area contributed by atoms with Gasteiger partial charge in [-0.3, -0.25) is 0 Å². The molecule has 1 aromatic heterocycles. The highest BCUT2D eigenvalue weighted by atomic mass is 79.9. The minimum Gasteiger partial charge on any atom is -0.310 e. The second kappa shape index (κ2) is 4.92. The van der Waals surface area contributed by atoms with Gasteiger partial charge in [-0.1, -0.05) is 24.3 Å². The van der Waals surface area contributed by atoms with Gasteiger partial charge in [0.2, 0.25) is 0 Å². The van der Waals surface area contributed by atoms with Crippen LogP contribution in [0.3, 0.4) is 0 Å². The first kappa shape index (κ1) is 11.5. The van der Waals surface area contributed by atoms with E-state index >= 15 is 0 Å². The molecule has 0 spiro atoms. The third-order valence-corrected chi connectivity index (χ3v) is 4.91. The predicted octanol–water partition coefficient (Wildman–Crippen LogP) is 4.43. The van der Waals surface area contributed by atoms with Gasteiger partial charge >= 0.3 is 0 Å². The summed E-state index contributed by atoms with van der Waals surface area (Å²) in [6, 6.07) is 11.5. The molecule has 1 aliphatic rings. The van der Waals surface area contributed by atoms with Gasteiger partial charge < -0.3 is 5.32 Å². The lowest BCUT2D eigenvalue weighted by Crippen LogP contribution is -2.15. The number of benzene rings is 1. The smallest absolute Gasteiger partial charge is 0.0488 e. The Morgan fingerprint density at radius 1 is 1.24 bits per heavy atom. The van der Waals surface area contributed by atoms with Crippen LogP contribution in [0.15, 0.2) is 40.2 Å². The topological polar surface area (TPSA) is 12.0 Å². The Bertz CT molecular complexity index is 516. The van der Waals surface area contributed by atoms with Crippen LogP contribution in [0.1, 0.15) is 18.4 Å². The Morgan fingerprint density at radius 2 is 2.06 bits per heavy atom. The summed E-state index contributed by atoms with van der Waals surface area (Å²) in [5, 5.41) is 5.71. The van der Waals surface area contributed by atoms with Gasteiger partial charge in [0, 0.05) is 21.9 Å². The number of halogens is 1. The lowest BCUT2D eigenvalue weighted by molar-refractivity contribution is 0.689. The van der Waals surface area contributed by atoms with Crippen molar-refractivity contribution in [2.45, 2.75) is 25.4 Å². The molecular weight excluding hydrogens is 294 g/mol. The average Bonchev–Trinajstić information content (AvgIpc) is 3.09. The second-order valence-electron chi connectivity index (χ2n) is 4.41. The first-order valence-corrected chi connectivity index (χ1v) is 7.56. The molecule has 0 bridgehead atoms. The van der Waals surface area contributed by atoms with Crippen molar-refractivity contribution in [3.05, 3.63) is 45.7 Å². The highest BCUT2D eigenvalue weighted by Crippen LogP contribution is 2.35. The van der Waals surface area contributed by atoms with Crippen molar-refractivity contribution in [3.8, 4) is 10.4 Å². The van der Waals surface area contributed by atoms with Crippen LogP contribution < -0.4 is 5.32 Å². The molecule has 88 valence electrons. The molecular formula is C14H14BrNS. The van der Waals surface area contributed by atoms with Crippen molar-refractivity contribution in [3.63, 3.8) is 0 Å². The molecule has 2 aromatic rings. The van der Waals surface area contributed by atoms with E-state index in [1.54, 1.807) is 11.3 Å². The number of thiophene rings is 1. The van der Waals surface area contributed by atoms with Crippen LogP contribution in [-0.2, 0) is 6.54 Å². The normalized spacial score (nSPS) is 15.1. The zero-order valence-electron chi connectivity index (χ0n) is 9.45. The fraction of sp³-hybridized carbons (Fsp3) is 0.286. The van der Waals surface area contributed by atoms with Crippen molar-refractivity contribution in [1.82, 2.24) is 5.32 Å². The van der Waals surface area contributed by atoms with Gasteiger partial charge in [0.05, 0.1) is 0 Å². The number of rotatable bonds is 4. The predicted molar refractivity (Wildman–Crippen MR) is 77.3 cm³/mol. The maximum Gasteiger partial charge on any atom is 0.0488 e. The summed E-state index contributed by atoms with van der Waals surface area (Å²) in [7, 11) is 0. The van der Waals surface area contributed by atoms with Gasteiger partial charge in [-0.2, -0.15) is 0 Å². The standard InChI is InChI=1S/C14H14BrNS/c15-13-7-8-17-14(13)12-4-2-1-3-10(12)9-16-11-5-6-11/h1-4,7-8,11,16H,5-6,9H2. The summed E-state index contributed by atoms with van der Waals surface area (Å²) < 4.78 is 1.20. The van der Waals surface area contributed by atoms with Crippen LogP contribution in [0.25, 0.3) is 10.4 Å². The van der Waals surface area contributed by atoms with Crippen molar-refractivity contribution >= 4 is 27.3 Å². The minimum absolute atomic E-state index is 0.759. The molecule has 1 nitrogen and oxygen atoms in total. The van der Waals surface area contributed by atoms with Gasteiger partial charge in [0.15, 0.2) is 0 Å². The molecule has 17 heavy (non-hydrogen) atoms. The minimum atomic E-state index is 0.759. The molecule has 0 amide bonds. The summed E-state index contributed by atoms with van der Waals surface area (Å²) in [6.07, 6.45) is 2.68. The van der Waals surface area contributed by atoms with Gasteiger partial charge in [0.25, 0.3) is 0 Å². The van der Waals surface area contributed by atoms with Crippen LogP contribution in [-0.4, -0.2) is 6.04 Å². The molecule has 1 aromatic carbocycles. The molecule has 0 unspecified atom stereocenters. The number of hydrogen-bond donors (Lipinski definition) is 1. The fourth-order valence-electron chi connectivity index (χ4n) is 1.92. The van der Waals surface area contributed by atoms with E-state index in [9.17, 15) is 0 Å². The van der Waals surface area contributed by atoms with Gasteiger partial charge in [-0.05, 0) is 51.3 Å². The van der Waals surface area contributed by atoms with Crippen molar-refractivity contribution in [1.29, 1.82) is 0 Å². The SMILES string of the molecule is Brc1ccsc1-c1ccccc1CNC1CC1. The Hall–Kier alpha value is -0.640. The molecule has 0 aliphatic heterocycles. The van der Waals surface area contributed by atoms with Gasteiger partial charge in [-0.15, -0.1) is 11.3 Å². The molecule has 0 radical (unpaired) electrons. The fourth-order valence-corrected chi connectivity index (χ4v) is 3.57. The van der Waals surface area contributed by atoms with E-state index in [1.807, 2.05) is 0 Å². The van der Waals surface area contributed by atoms with Crippen LogP contribution >= 0.6 is 27.3 Å². The Kier molecular flexibility index (Phi) is 3.32. The second-order valence-corrected chi connectivity index (χ2v) is 6.18. The third-order valence-electron chi connectivity index (χ3n) is 3.04. The first-order valence-electron chi connectivity index (χ1n) is 5.89. The summed E-state index contributed by atoms with van der Waals surface area (Å²) >= 11 is 5.41. The molecule has 3 heteroatoms. The summed E-state index contributed by atoms with van der Waals surface area (Å²) in [5.41, 5.74) is 2.74. The summed E-state index contributed by atoms with van der Waals surface area (Å²) in [6.45, 7) is 0.977. The van der Waals surface area contributed by atoms with E-state index < -0.39 is 0 Å². The molecule has 0 atom stereocenters. The maximum absolute atomic E-state index is 3.62. The summed E-state index contributed by atoms with van der Waals surface area (Å²) in [5.74, 6) is 0. The highest BCUT2D eigenvalue weighted by molar-refractivity contribution is 9.10. The monoisotopic (exact) mass is 307 g/mol. The van der Waals surface area contributed by atoms with Crippen LogP contribution in [0, 0.1) is 0 Å². The van der Waals surface area contributed by atoms with Gasteiger partial charge in [0.1, 0.15) is 0 Å². The van der Waals surface area contributed by atoms with Crippen molar-refractivity contribution in [2.75, 3.05) is 0 Å². The Labute approximate surface area is 114 Å². The summed E-state index contributed by atoms with van der Waals surface area (Å²) in [4.78, 5) is 1.33. The first-order chi connectivity index (χ1) is 8.34. The van der Waals surface area contributed by atoms with Gasteiger partial charge in [-0.25, -0.2) is 0 Å². The lowest BCUT2D eigenvalue weighted by Gasteiger charge is -2.09. The average molecular weight is 308 g/mol. The van der Waals surface area contributed by atoms with Crippen LogP contribution in [0.4, 0.5) is 0 Å². The van der Waals surface area contributed by atoms with Crippen LogP contribution in [0.5, 0.6) is 0 Å². The maximum atomic E-state index is 3.62. The molecule has 3 rings (SSSR count). The van der Waals surface area contributed by atoms with E-state index in [4.69, 9.17) is 0 Å². The molecule has 1 N–H and O–H groups in total. The number of nitrogens with one attached hydrogen (secondary N) is 1. The van der Waals surface area contributed by atoms with Crippen molar-refractivity contribution in [2.24, 2.45) is 0 Å². The Morgan fingerprint density at radius 3 is 2.76 bits per heavy atom. The molecule has 1 aliphatic carbocycles.